The molecule has 1 unspecified atom stereocenters. The molecule has 4 aromatic rings. The van der Waals surface area contributed by atoms with E-state index < -0.39 is 5.92 Å². The van der Waals surface area contributed by atoms with E-state index in [-0.39, 0.29) is 17.3 Å². The first-order valence-corrected chi connectivity index (χ1v) is 9.93. The van der Waals surface area contributed by atoms with Crippen LogP contribution in [0.5, 0.6) is 11.6 Å². The number of fused-ring (bicyclic) bond motifs is 4. The van der Waals surface area contributed by atoms with Crippen molar-refractivity contribution in [3.63, 3.8) is 0 Å². The molecule has 0 amide bonds. The van der Waals surface area contributed by atoms with Crippen LogP contribution in [0, 0.1) is 6.92 Å². The van der Waals surface area contributed by atoms with E-state index in [0.717, 1.165) is 20.9 Å². The number of carbonyl (C=O) groups excluding carboxylic acids is 1. The minimum atomic E-state index is -0.491. The molecule has 6 nitrogen and oxygen atoms in total. The number of nitrogens with one attached hydrogen (secondary N) is 1. The predicted molar refractivity (Wildman–Crippen MR) is 113 cm³/mol. The Morgan fingerprint density at radius 3 is 2.62 bits per heavy atom. The fourth-order valence-corrected chi connectivity index (χ4v) is 4.32. The van der Waals surface area contributed by atoms with E-state index in [9.17, 15) is 9.59 Å². The van der Waals surface area contributed by atoms with Crippen LogP contribution < -0.4 is 10.3 Å². The molecule has 0 radical (unpaired) electrons. The molecule has 1 aliphatic heterocycles. The fraction of sp³-hybridized carbons (Fsp3) is 0.136. The highest BCUT2D eigenvalue weighted by molar-refractivity contribution is 9.10. The van der Waals surface area contributed by atoms with Gasteiger partial charge in [-0.2, -0.15) is 4.98 Å². The normalized spacial score (nSPS) is 14.9. The highest BCUT2D eigenvalue weighted by Gasteiger charge is 2.38. The van der Waals surface area contributed by atoms with Gasteiger partial charge in [0, 0.05) is 16.8 Å². The van der Waals surface area contributed by atoms with Crippen LogP contribution in [0.1, 0.15) is 40.3 Å². The van der Waals surface area contributed by atoms with Gasteiger partial charge in [0.1, 0.15) is 5.82 Å². The summed E-state index contributed by atoms with van der Waals surface area (Å²) in [5, 5.41) is 0.810. The molecule has 5 rings (SSSR count). The van der Waals surface area contributed by atoms with Crippen molar-refractivity contribution in [3.8, 4) is 11.6 Å². The summed E-state index contributed by atoms with van der Waals surface area (Å²) in [4.78, 5) is 32.9. The highest BCUT2D eigenvalue weighted by atomic mass is 79.9. The number of aromatic nitrogens is 3. The fourth-order valence-electron chi connectivity index (χ4n) is 4.05. The monoisotopic (exact) mass is 449 g/mol. The number of aromatic amines is 1. The molecule has 144 valence electrons. The first-order valence-electron chi connectivity index (χ1n) is 9.14. The Labute approximate surface area is 174 Å². The van der Waals surface area contributed by atoms with Crippen LogP contribution in [-0.4, -0.2) is 20.4 Å². The lowest BCUT2D eigenvalue weighted by Gasteiger charge is -2.26. The molecule has 29 heavy (non-hydrogen) atoms. The maximum absolute atomic E-state index is 13.0. The van der Waals surface area contributed by atoms with Crippen molar-refractivity contribution < 1.29 is 9.53 Å². The van der Waals surface area contributed by atoms with E-state index in [0.29, 0.717) is 22.8 Å². The quantitative estimate of drug-likeness (QED) is 0.400. The molecule has 0 fully saturated rings. The summed E-state index contributed by atoms with van der Waals surface area (Å²) in [7, 11) is 0. The van der Waals surface area contributed by atoms with E-state index in [4.69, 9.17) is 4.74 Å². The Balaban J connectivity index is 1.93. The smallest absolute Gasteiger partial charge is 0.258 e. The molecule has 2 aromatic heterocycles. The van der Waals surface area contributed by atoms with E-state index in [1.807, 2.05) is 48.5 Å². The number of para-hydroxylation sites is 1. The van der Waals surface area contributed by atoms with Crippen LogP contribution in [0.4, 0.5) is 0 Å². The van der Waals surface area contributed by atoms with Gasteiger partial charge in [-0.05, 0) is 36.8 Å². The summed E-state index contributed by atoms with van der Waals surface area (Å²) in [6.45, 7) is 3.23. The molecule has 0 saturated carbocycles. The third-order valence-corrected chi connectivity index (χ3v) is 5.71. The topological polar surface area (TPSA) is 77.0 Å². The summed E-state index contributed by atoms with van der Waals surface area (Å²) in [5.41, 5.74) is 2.39. The minimum Gasteiger partial charge on any atom is -0.436 e. The maximum Gasteiger partial charge on any atom is 0.258 e. The second-order valence-corrected chi connectivity index (χ2v) is 7.96. The van der Waals surface area contributed by atoms with Gasteiger partial charge < -0.3 is 9.72 Å². The van der Waals surface area contributed by atoms with Gasteiger partial charge in [0.2, 0.25) is 11.8 Å². The molecule has 0 saturated heterocycles. The number of ether oxygens (including phenoxy) is 1. The zero-order chi connectivity index (χ0) is 20.3. The molecule has 7 heteroatoms. The van der Waals surface area contributed by atoms with E-state index in [2.05, 4.69) is 25.9 Å². The maximum atomic E-state index is 13.0. The standard InChI is InChI=1S/C22H16BrN3O3/c1-11-24-21(28)18-17(13-7-9-14(23)10-8-13)19-20(29-22(18)25-11)15-5-3-4-6-16(15)26(19)12(2)27/h3-10,17H,1-2H3,(H,24,25,28). The Kier molecular flexibility index (Phi) is 3.96. The van der Waals surface area contributed by atoms with Gasteiger partial charge in [0.25, 0.3) is 5.56 Å². The molecular weight excluding hydrogens is 434 g/mol. The molecule has 0 aliphatic carbocycles. The zero-order valence-electron chi connectivity index (χ0n) is 15.7. The van der Waals surface area contributed by atoms with Crippen LogP contribution in [-0.2, 0) is 0 Å². The van der Waals surface area contributed by atoms with Crippen molar-refractivity contribution in [2.75, 3.05) is 0 Å². The molecule has 1 atom stereocenters. The molecule has 0 spiro atoms. The molecule has 1 aliphatic rings. The lowest BCUT2D eigenvalue weighted by Crippen LogP contribution is -2.27. The zero-order valence-corrected chi connectivity index (χ0v) is 17.3. The second-order valence-electron chi connectivity index (χ2n) is 7.04. The number of benzene rings is 2. The Hall–Kier alpha value is -3.19. The van der Waals surface area contributed by atoms with Gasteiger partial charge in [-0.1, -0.05) is 40.2 Å². The van der Waals surface area contributed by atoms with Crippen molar-refractivity contribution in [2.45, 2.75) is 19.8 Å². The SMILES string of the molecule is CC(=O)n1c2c(c3ccccc31)Oc1nc(C)[nH]c(=O)c1C2c1ccc(Br)cc1. The molecule has 2 aromatic carbocycles. The number of halogens is 1. The van der Waals surface area contributed by atoms with Gasteiger partial charge >= 0.3 is 0 Å². The number of hydrogen-bond donors (Lipinski definition) is 1. The largest absolute Gasteiger partial charge is 0.436 e. The van der Waals surface area contributed by atoms with Crippen molar-refractivity contribution in [3.05, 3.63) is 86.0 Å². The molecule has 1 N–H and O–H groups in total. The van der Waals surface area contributed by atoms with Crippen molar-refractivity contribution in [1.29, 1.82) is 0 Å². The van der Waals surface area contributed by atoms with Gasteiger partial charge in [0.15, 0.2) is 5.75 Å². The molecule has 3 heterocycles. The number of rotatable bonds is 1. The van der Waals surface area contributed by atoms with E-state index in [1.54, 1.807) is 11.5 Å². The summed E-state index contributed by atoms with van der Waals surface area (Å²) < 4.78 is 8.71. The Bertz CT molecular complexity index is 1350. The van der Waals surface area contributed by atoms with Crippen LogP contribution in [0.3, 0.4) is 0 Å². The van der Waals surface area contributed by atoms with Gasteiger partial charge in [-0.3, -0.25) is 14.2 Å². The number of carbonyl (C=O) groups is 1. The van der Waals surface area contributed by atoms with E-state index in [1.165, 1.54) is 6.92 Å². The van der Waals surface area contributed by atoms with Crippen molar-refractivity contribution in [1.82, 2.24) is 14.5 Å². The summed E-state index contributed by atoms with van der Waals surface area (Å²) in [6, 6.07) is 15.3. The average molecular weight is 450 g/mol. The first-order chi connectivity index (χ1) is 14.0. The Morgan fingerprint density at radius 2 is 1.90 bits per heavy atom. The van der Waals surface area contributed by atoms with Crippen LogP contribution >= 0.6 is 15.9 Å². The third-order valence-electron chi connectivity index (χ3n) is 5.18. The first kappa shape index (κ1) is 17.9. The predicted octanol–water partition coefficient (Wildman–Crippen LogP) is 4.74. The van der Waals surface area contributed by atoms with Gasteiger partial charge in [-0.25, -0.2) is 0 Å². The van der Waals surface area contributed by atoms with Crippen molar-refractivity contribution >= 4 is 32.7 Å². The number of nitrogens with zero attached hydrogens (tertiary/aromatic N) is 2. The minimum absolute atomic E-state index is 0.145. The highest BCUT2D eigenvalue weighted by Crippen LogP contribution is 2.49. The third kappa shape index (κ3) is 2.65. The lowest BCUT2D eigenvalue weighted by molar-refractivity contribution is 0.0937. The van der Waals surface area contributed by atoms with Crippen LogP contribution in [0.15, 0.2) is 57.8 Å². The average Bonchev–Trinajstić information content (AvgIpc) is 3.01. The lowest BCUT2D eigenvalue weighted by atomic mass is 9.87. The molecular formula is C22H16BrN3O3. The van der Waals surface area contributed by atoms with Crippen molar-refractivity contribution in [2.24, 2.45) is 0 Å². The van der Waals surface area contributed by atoms with Gasteiger partial charge in [-0.15, -0.1) is 0 Å². The van der Waals surface area contributed by atoms with E-state index >= 15 is 0 Å². The second kappa shape index (κ2) is 6.42. The van der Waals surface area contributed by atoms with Crippen LogP contribution in [0.2, 0.25) is 0 Å². The van der Waals surface area contributed by atoms with Crippen LogP contribution in [0.25, 0.3) is 10.9 Å². The number of hydrogen-bond acceptors (Lipinski definition) is 4. The number of aryl methyl sites for hydroxylation is 1. The number of H-pyrrole nitrogens is 1. The Morgan fingerprint density at radius 1 is 1.17 bits per heavy atom. The molecule has 0 bridgehead atoms. The van der Waals surface area contributed by atoms with Gasteiger partial charge in [0.05, 0.1) is 22.7 Å². The summed E-state index contributed by atoms with van der Waals surface area (Å²) in [5.74, 6) is 0.678. The summed E-state index contributed by atoms with van der Waals surface area (Å²) >= 11 is 3.46. The summed E-state index contributed by atoms with van der Waals surface area (Å²) in [6.07, 6.45) is 0.